The summed E-state index contributed by atoms with van der Waals surface area (Å²) >= 11 is 12.5. The Morgan fingerprint density at radius 3 is 2.68 bits per heavy atom. The van der Waals surface area contributed by atoms with Crippen molar-refractivity contribution in [1.29, 1.82) is 0 Å². The number of nitrogens with one attached hydrogen (secondary N) is 1. The molecule has 6 heteroatoms. The average Bonchev–Trinajstić information content (AvgIpc) is 2.63. The van der Waals surface area contributed by atoms with E-state index in [1.807, 2.05) is 33.2 Å². The van der Waals surface area contributed by atoms with Crippen molar-refractivity contribution >= 4 is 23.2 Å². The van der Waals surface area contributed by atoms with Crippen molar-refractivity contribution in [2.45, 2.75) is 19.4 Å². The highest BCUT2D eigenvalue weighted by Gasteiger charge is 2.19. The van der Waals surface area contributed by atoms with Gasteiger partial charge in [0.15, 0.2) is 0 Å². The van der Waals surface area contributed by atoms with Crippen LogP contribution in [0.2, 0.25) is 10.0 Å². The highest BCUT2D eigenvalue weighted by atomic mass is 35.5. The lowest BCUT2D eigenvalue weighted by molar-refractivity contribution is 0.549. The van der Waals surface area contributed by atoms with E-state index in [9.17, 15) is 0 Å². The van der Waals surface area contributed by atoms with E-state index >= 15 is 0 Å². The Labute approximate surface area is 122 Å². The standard InChI is InChI=1S/C13H16Cl2N4/c1-8-12(15)11(19(3)18-8)7-10(16-2)13-9(14)5-4-6-17-13/h4-6,10,16H,7H2,1-3H3. The summed E-state index contributed by atoms with van der Waals surface area (Å²) < 4.78 is 1.80. The van der Waals surface area contributed by atoms with Crippen molar-refractivity contribution in [1.82, 2.24) is 20.1 Å². The van der Waals surface area contributed by atoms with Crippen LogP contribution in [0.15, 0.2) is 18.3 Å². The molecule has 4 nitrogen and oxygen atoms in total. The molecule has 102 valence electrons. The largest absolute Gasteiger partial charge is 0.311 e. The molecule has 0 saturated carbocycles. The number of aromatic nitrogens is 3. The third-order valence-electron chi connectivity index (χ3n) is 3.12. The van der Waals surface area contributed by atoms with Crippen LogP contribution in [0.3, 0.4) is 0 Å². The summed E-state index contributed by atoms with van der Waals surface area (Å²) in [6.45, 7) is 1.90. The van der Waals surface area contributed by atoms with Gasteiger partial charge < -0.3 is 5.32 Å². The molecular weight excluding hydrogens is 283 g/mol. The maximum atomic E-state index is 6.28. The Kier molecular flexibility index (Phi) is 4.45. The van der Waals surface area contributed by atoms with E-state index in [-0.39, 0.29) is 6.04 Å². The third-order valence-corrected chi connectivity index (χ3v) is 3.94. The van der Waals surface area contributed by atoms with Crippen LogP contribution in [0.1, 0.15) is 23.1 Å². The molecule has 0 saturated heterocycles. The molecule has 1 N–H and O–H groups in total. The lowest BCUT2D eigenvalue weighted by atomic mass is 10.1. The van der Waals surface area contributed by atoms with Gasteiger partial charge in [-0.25, -0.2) is 0 Å². The van der Waals surface area contributed by atoms with Crippen LogP contribution in [0.4, 0.5) is 0 Å². The number of rotatable bonds is 4. The van der Waals surface area contributed by atoms with Gasteiger partial charge in [0.2, 0.25) is 0 Å². The van der Waals surface area contributed by atoms with Crippen LogP contribution < -0.4 is 5.32 Å². The number of hydrogen-bond donors (Lipinski definition) is 1. The number of pyridine rings is 1. The molecule has 0 bridgehead atoms. The molecule has 0 spiro atoms. The van der Waals surface area contributed by atoms with Crippen LogP contribution in [-0.4, -0.2) is 21.8 Å². The van der Waals surface area contributed by atoms with Crippen molar-refractivity contribution in [3.05, 3.63) is 45.5 Å². The number of likely N-dealkylation sites (N-methyl/N-ethyl adjacent to an activating group) is 1. The molecule has 0 aliphatic carbocycles. The average molecular weight is 299 g/mol. The molecule has 0 aliphatic heterocycles. The monoisotopic (exact) mass is 298 g/mol. The topological polar surface area (TPSA) is 42.7 Å². The smallest absolute Gasteiger partial charge is 0.0847 e. The van der Waals surface area contributed by atoms with Crippen molar-refractivity contribution in [2.24, 2.45) is 7.05 Å². The predicted octanol–water partition coefficient (Wildman–Crippen LogP) is 2.93. The van der Waals surface area contributed by atoms with Crippen molar-refractivity contribution < 1.29 is 0 Å². The molecule has 0 radical (unpaired) electrons. The Bertz CT molecular complexity index is 580. The zero-order valence-electron chi connectivity index (χ0n) is 11.1. The number of aryl methyl sites for hydroxylation is 2. The summed E-state index contributed by atoms with van der Waals surface area (Å²) in [6, 6.07) is 3.66. The van der Waals surface area contributed by atoms with Gasteiger partial charge in [0, 0.05) is 19.7 Å². The molecule has 2 rings (SSSR count). The van der Waals surface area contributed by atoms with Crippen LogP contribution in [0.25, 0.3) is 0 Å². The maximum absolute atomic E-state index is 6.28. The molecule has 1 unspecified atom stereocenters. The fourth-order valence-electron chi connectivity index (χ4n) is 2.08. The molecule has 2 aromatic rings. The summed E-state index contributed by atoms with van der Waals surface area (Å²) in [6.07, 6.45) is 2.42. The van der Waals surface area contributed by atoms with Gasteiger partial charge in [-0.3, -0.25) is 9.67 Å². The molecule has 0 amide bonds. The van der Waals surface area contributed by atoms with E-state index < -0.39 is 0 Å². The summed E-state index contributed by atoms with van der Waals surface area (Å²) in [5.41, 5.74) is 2.63. The van der Waals surface area contributed by atoms with Crippen LogP contribution in [0, 0.1) is 6.92 Å². The quantitative estimate of drug-likeness (QED) is 0.944. The molecule has 0 aliphatic rings. The van der Waals surface area contributed by atoms with Gasteiger partial charge in [-0.05, 0) is 26.1 Å². The normalized spacial score (nSPS) is 12.7. The van der Waals surface area contributed by atoms with E-state index in [0.29, 0.717) is 16.5 Å². The van der Waals surface area contributed by atoms with Crippen molar-refractivity contribution in [2.75, 3.05) is 7.05 Å². The first-order chi connectivity index (χ1) is 9.04. The summed E-state index contributed by atoms with van der Waals surface area (Å²) in [7, 11) is 3.77. The first kappa shape index (κ1) is 14.3. The summed E-state index contributed by atoms with van der Waals surface area (Å²) in [5, 5.41) is 8.90. The zero-order chi connectivity index (χ0) is 14.0. The minimum absolute atomic E-state index is 0.000926. The van der Waals surface area contributed by atoms with Crippen LogP contribution in [-0.2, 0) is 13.5 Å². The van der Waals surface area contributed by atoms with Crippen molar-refractivity contribution in [3.63, 3.8) is 0 Å². The SMILES string of the molecule is CNC(Cc1c(Cl)c(C)nn1C)c1ncccc1Cl. The van der Waals surface area contributed by atoms with E-state index in [1.54, 1.807) is 10.9 Å². The van der Waals surface area contributed by atoms with Gasteiger partial charge in [-0.1, -0.05) is 23.2 Å². The Balaban J connectivity index is 2.32. The molecule has 0 aromatic carbocycles. The number of halogens is 2. The Hall–Kier alpha value is -1.10. The van der Waals surface area contributed by atoms with Gasteiger partial charge in [-0.15, -0.1) is 0 Å². The molecule has 0 fully saturated rings. The molecular formula is C13H16Cl2N4. The fraction of sp³-hybridized carbons (Fsp3) is 0.385. The molecule has 2 heterocycles. The summed E-state index contributed by atoms with van der Waals surface area (Å²) in [5.74, 6) is 0. The minimum Gasteiger partial charge on any atom is -0.311 e. The molecule has 2 aromatic heterocycles. The van der Waals surface area contributed by atoms with Gasteiger partial charge in [0.25, 0.3) is 0 Å². The molecule has 19 heavy (non-hydrogen) atoms. The van der Waals surface area contributed by atoms with Crippen LogP contribution >= 0.6 is 23.2 Å². The van der Waals surface area contributed by atoms with Gasteiger partial charge in [0.1, 0.15) is 0 Å². The lowest BCUT2D eigenvalue weighted by Crippen LogP contribution is -2.21. The lowest BCUT2D eigenvalue weighted by Gasteiger charge is -2.17. The maximum Gasteiger partial charge on any atom is 0.0847 e. The van der Waals surface area contributed by atoms with E-state index in [4.69, 9.17) is 23.2 Å². The third kappa shape index (κ3) is 2.91. The Morgan fingerprint density at radius 2 is 2.16 bits per heavy atom. The second kappa shape index (κ2) is 5.90. The fourth-order valence-corrected chi connectivity index (χ4v) is 2.58. The molecule has 1 atom stereocenters. The summed E-state index contributed by atoms with van der Waals surface area (Å²) in [4.78, 5) is 4.34. The first-order valence-corrected chi connectivity index (χ1v) is 6.75. The first-order valence-electron chi connectivity index (χ1n) is 6.00. The van der Waals surface area contributed by atoms with E-state index in [1.165, 1.54) is 0 Å². The second-order valence-electron chi connectivity index (χ2n) is 4.39. The predicted molar refractivity (Wildman–Crippen MR) is 77.7 cm³/mol. The minimum atomic E-state index is 0.000926. The van der Waals surface area contributed by atoms with E-state index in [0.717, 1.165) is 17.1 Å². The van der Waals surface area contributed by atoms with E-state index in [2.05, 4.69) is 15.4 Å². The second-order valence-corrected chi connectivity index (χ2v) is 5.17. The number of hydrogen-bond acceptors (Lipinski definition) is 3. The highest BCUT2D eigenvalue weighted by Crippen LogP contribution is 2.27. The van der Waals surface area contributed by atoms with Crippen LogP contribution in [0.5, 0.6) is 0 Å². The van der Waals surface area contributed by atoms with Gasteiger partial charge in [0.05, 0.1) is 33.2 Å². The van der Waals surface area contributed by atoms with Gasteiger partial charge >= 0.3 is 0 Å². The van der Waals surface area contributed by atoms with Gasteiger partial charge in [-0.2, -0.15) is 5.10 Å². The Morgan fingerprint density at radius 1 is 1.42 bits per heavy atom. The number of nitrogens with zero attached hydrogens (tertiary/aromatic N) is 3. The zero-order valence-corrected chi connectivity index (χ0v) is 12.6. The van der Waals surface area contributed by atoms with Crippen molar-refractivity contribution in [3.8, 4) is 0 Å². The highest BCUT2D eigenvalue weighted by molar-refractivity contribution is 6.32.